The normalized spacial score (nSPS) is 22.4. The number of piperidine rings is 2. The summed E-state index contributed by atoms with van der Waals surface area (Å²) >= 11 is 0. The zero-order valence-electron chi connectivity index (χ0n) is 17.0. The fourth-order valence-electron chi connectivity index (χ4n) is 4.31. The molecule has 0 aliphatic carbocycles. The quantitative estimate of drug-likeness (QED) is 0.667. The molecule has 2 heteroatoms. The smallest absolute Gasteiger partial charge is 0.000439 e. The lowest BCUT2D eigenvalue weighted by Crippen LogP contribution is -2.39. The Balaban J connectivity index is 0.00000127. The minimum atomic E-state index is 0.826. The highest BCUT2D eigenvalue weighted by atomic mass is 15.1. The van der Waals surface area contributed by atoms with Gasteiger partial charge in [-0.2, -0.15) is 0 Å². The van der Waals surface area contributed by atoms with Gasteiger partial charge in [0.1, 0.15) is 0 Å². The van der Waals surface area contributed by atoms with Crippen LogP contribution in [0.3, 0.4) is 0 Å². The Hall–Kier alpha value is -0.0800. The van der Waals surface area contributed by atoms with Crippen LogP contribution < -0.4 is 0 Å². The molecular weight excluding hydrogens is 280 g/mol. The lowest BCUT2D eigenvalue weighted by atomic mass is 9.82. The first kappa shape index (κ1) is 21.0. The van der Waals surface area contributed by atoms with Crippen molar-refractivity contribution in [3.63, 3.8) is 0 Å². The van der Waals surface area contributed by atoms with Crippen molar-refractivity contribution in [3.05, 3.63) is 0 Å². The van der Waals surface area contributed by atoms with Crippen molar-refractivity contribution in [2.75, 3.05) is 39.3 Å². The van der Waals surface area contributed by atoms with Crippen molar-refractivity contribution >= 4 is 0 Å². The van der Waals surface area contributed by atoms with Gasteiger partial charge in [0.25, 0.3) is 0 Å². The Labute approximate surface area is 147 Å². The van der Waals surface area contributed by atoms with Crippen LogP contribution in [0.4, 0.5) is 0 Å². The lowest BCUT2D eigenvalue weighted by Gasteiger charge is -2.37. The minimum absolute atomic E-state index is 0.826. The summed E-state index contributed by atoms with van der Waals surface area (Å²) in [7, 11) is 0. The van der Waals surface area contributed by atoms with E-state index in [1.54, 1.807) is 0 Å². The molecular formula is C21H44N2. The minimum Gasteiger partial charge on any atom is -0.303 e. The number of likely N-dealkylation sites (tertiary alicyclic amines) is 2. The van der Waals surface area contributed by atoms with Crippen LogP contribution in [0.25, 0.3) is 0 Å². The zero-order valence-corrected chi connectivity index (χ0v) is 17.0. The van der Waals surface area contributed by atoms with E-state index in [2.05, 4.69) is 37.5 Å². The van der Waals surface area contributed by atoms with Crippen LogP contribution in [-0.2, 0) is 0 Å². The molecule has 0 aromatic heterocycles. The molecule has 0 saturated carbocycles. The van der Waals surface area contributed by atoms with E-state index in [4.69, 9.17) is 0 Å². The summed E-state index contributed by atoms with van der Waals surface area (Å²) in [6, 6.07) is 0. The Morgan fingerprint density at radius 2 is 0.957 bits per heavy atom. The van der Waals surface area contributed by atoms with Crippen molar-refractivity contribution in [1.82, 2.24) is 9.80 Å². The first-order valence-electron chi connectivity index (χ1n) is 10.5. The standard InChI is InChI=1S/C19H38N2.C2H6/c1-16(2)14-20-9-5-18(6-10-20)13-19-7-11-21(12-8-19)15-17(3)4;1-2/h16-19H,5-15H2,1-4H3;1-2H3. The highest BCUT2D eigenvalue weighted by Crippen LogP contribution is 2.30. The predicted octanol–water partition coefficient (Wildman–Crippen LogP) is 5.14. The number of hydrogen-bond acceptors (Lipinski definition) is 2. The van der Waals surface area contributed by atoms with Gasteiger partial charge in [0.05, 0.1) is 0 Å². The van der Waals surface area contributed by atoms with Gasteiger partial charge >= 0.3 is 0 Å². The van der Waals surface area contributed by atoms with Crippen molar-refractivity contribution < 1.29 is 0 Å². The second-order valence-corrected chi connectivity index (χ2v) is 8.51. The van der Waals surface area contributed by atoms with Crippen molar-refractivity contribution in [3.8, 4) is 0 Å². The van der Waals surface area contributed by atoms with E-state index in [0.29, 0.717) is 0 Å². The maximum atomic E-state index is 2.69. The summed E-state index contributed by atoms with van der Waals surface area (Å²) in [6.07, 6.45) is 7.35. The van der Waals surface area contributed by atoms with Crippen LogP contribution in [-0.4, -0.2) is 49.1 Å². The molecule has 0 atom stereocenters. The Bertz CT molecular complexity index is 244. The molecule has 0 unspecified atom stereocenters. The van der Waals surface area contributed by atoms with Crippen LogP contribution in [0, 0.1) is 23.7 Å². The van der Waals surface area contributed by atoms with Crippen LogP contribution in [0.2, 0.25) is 0 Å². The first-order valence-corrected chi connectivity index (χ1v) is 10.5. The van der Waals surface area contributed by atoms with Gasteiger partial charge < -0.3 is 9.80 Å². The summed E-state index contributed by atoms with van der Waals surface area (Å²) in [5.41, 5.74) is 0. The number of rotatable bonds is 6. The fraction of sp³-hybridized carbons (Fsp3) is 1.00. The van der Waals surface area contributed by atoms with Crippen LogP contribution in [0.1, 0.15) is 73.6 Å². The molecule has 2 aliphatic heterocycles. The van der Waals surface area contributed by atoms with Crippen molar-refractivity contribution in [2.45, 2.75) is 73.6 Å². The third-order valence-electron chi connectivity index (χ3n) is 5.33. The molecule has 0 aromatic rings. The molecule has 2 rings (SSSR count). The average Bonchev–Trinajstić information content (AvgIpc) is 2.52. The van der Waals surface area contributed by atoms with Crippen molar-refractivity contribution in [2.24, 2.45) is 23.7 Å². The van der Waals surface area contributed by atoms with E-state index in [-0.39, 0.29) is 0 Å². The average molecular weight is 325 g/mol. The number of hydrogen-bond donors (Lipinski definition) is 0. The van der Waals surface area contributed by atoms with E-state index < -0.39 is 0 Å². The molecule has 2 aliphatic rings. The van der Waals surface area contributed by atoms with E-state index >= 15 is 0 Å². The summed E-state index contributed by atoms with van der Waals surface area (Å²) in [4.78, 5) is 5.37. The van der Waals surface area contributed by atoms with Gasteiger partial charge in [-0.1, -0.05) is 41.5 Å². The van der Waals surface area contributed by atoms with E-state index in [0.717, 1.165) is 23.7 Å². The molecule has 0 radical (unpaired) electrons. The third kappa shape index (κ3) is 8.54. The van der Waals surface area contributed by atoms with E-state index in [1.165, 1.54) is 71.4 Å². The molecule has 0 spiro atoms. The third-order valence-corrected chi connectivity index (χ3v) is 5.33. The van der Waals surface area contributed by atoms with E-state index in [9.17, 15) is 0 Å². The Kier molecular flexibility index (Phi) is 10.5. The van der Waals surface area contributed by atoms with Gasteiger partial charge in [0, 0.05) is 13.1 Å². The van der Waals surface area contributed by atoms with Gasteiger partial charge in [0.15, 0.2) is 0 Å². The summed E-state index contributed by atoms with van der Waals surface area (Å²) in [6.45, 7) is 21.4. The van der Waals surface area contributed by atoms with Gasteiger partial charge in [0.2, 0.25) is 0 Å². The van der Waals surface area contributed by atoms with Crippen molar-refractivity contribution in [1.29, 1.82) is 0 Å². The summed E-state index contributed by atoms with van der Waals surface area (Å²) in [5, 5.41) is 0. The maximum Gasteiger partial charge on any atom is 0.000439 e. The van der Waals surface area contributed by atoms with Crippen LogP contribution in [0.5, 0.6) is 0 Å². The topological polar surface area (TPSA) is 6.48 Å². The SMILES string of the molecule is CC.CC(C)CN1CCC(CC2CCN(CC(C)C)CC2)CC1. The van der Waals surface area contributed by atoms with Gasteiger partial charge in [-0.05, 0) is 82.0 Å². The molecule has 0 bridgehead atoms. The predicted molar refractivity (Wildman–Crippen MR) is 104 cm³/mol. The van der Waals surface area contributed by atoms with Gasteiger partial charge in [-0.25, -0.2) is 0 Å². The fourth-order valence-corrected chi connectivity index (χ4v) is 4.31. The van der Waals surface area contributed by atoms with Gasteiger partial charge in [-0.3, -0.25) is 0 Å². The molecule has 23 heavy (non-hydrogen) atoms. The molecule has 138 valence electrons. The highest BCUT2D eigenvalue weighted by molar-refractivity contribution is 4.79. The first-order chi connectivity index (χ1) is 11.0. The summed E-state index contributed by atoms with van der Waals surface area (Å²) < 4.78 is 0. The second-order valence-electron chi connectivity index (χ2n) is 8.51. The summed E-state index contributed by atoms with van der Waals surface area (Å²) in [5.74, 6) is 3.70. The zero-order chi connectivity index (χ0) is 17.2. The lowest BCUT2D eigenvalue weighted by molar-refractivity contribution is 0.122. The Morgan fingerprint density at radius 1 is 0.652 bits per heavy atom. The molecule has 2 fully saturated rings. The highest BCUT2D eigenvalue weighted by Gasteiger charge is 2.25. The maximum absolute atomic E-state index is 2.69. The number of nitrogens with zero attached hydrogens (tertiary/aromatic N) is 2. The molecule has 2 nitrogen and oxygen atoms in total. The second kappa shape index (κ2) is 11.5. The molecule has 0 N–H and O–H groups in total. The van der Waals surface area contributed by atoms with Crippen LogP contribution in [0.15, 0.2) is 0 Å². The largest absolute Gasteiger partial charge is 0.303 e. The van der Waals surface area contributed by atoms with Crippen LogP contribution >= 0.6 is 0 Å². The monoisotopic (exact) mass is 324 g/mol. The van der Waals surface area contributed by atoms with E-state index in [1.807, 2.05) is 13.8 Å². The Morgan fingerprint density at radius 3 is 1.22 bits per heavy atom. The molecule has 0 amide bonds. The molecule has 2 saturated heterocycles. The molecule has 0 aromatic carbocycles. The van der Waals surface area contributed by atoms with Gasteiger partial charge in [-0.15, -0.1) is 0 Å². The molecule has 2 heterocycles.